The van der Waals surface area contributed by atoms with Gasteiger partial charge in [-0.15, -0.1) is 0 Å². The molecule has 0 radical (unpaired) electrons. The molecule has 2 heteroatoms. The topological polar surface area (TPSA) is 12.0 Å². The highest BCUT2D eigenvalue weighted by Crippen LogP contribution is 2.19. The summed E-state index contributed by atoms with van der Waals surface area (Å²) in [4.78, 5) is 0. The predicted molar refractivity (Wildman–Crippen MR) is 62.6 cm³/mol. The molecule has 1 heterocycles. The van der Waals surface area contributed by atoms with Crippen LogP contribution in [0.4, 0.5) is 0 Å². The summed E-state index contributed by atoms with van der Waals surface area (Å²) in [5.41, 5.74) is 3.07. The van der Waals surface area contributed by atoms with Gasteiger partial charge in [-0.05, 0) is 54.6 Å². The molecule has 0 atom stereocenters. The van der Waals surface area contributed by atoms with Crippen molar-refractivity contribution in [1.29, 1.82) is 0 Å². The molecule has 0 bridgehead atoms. The van der Waals surface area contributed by atoms with Crippen LogP contribution in [0, 0.1) is 0 Å². The third kappa shape index (κ3) is 2.96. The fourth-order valence-electron chi connectivity index (χ4n) is 1.84. The fraction of sp³-hybridized carbons (Fsp3) is 0.500. The van der Waals surface area contributed by atoms with Gasteiger partial charge in [0.1, 0.15) is 0 Å². The van der Waals surface area contributed by atoms with Crippen molar-refractivity contribution in [3.63, 3.8) is 0 Å². The molecular formula is C12H17NS. The minimum absolute atomic E-state index is 1.02. The Hall–Kier alpha value is -0.600. The lowest BCUT2D eigenvalue weighted by Crippen LogP contribution is -2.14. The van der Waals surface area contributed by atoms with E-state index in [4.69, 9.17) is 0 Å². The summed E-state index contributed by atoms with van der Waals surface area (Å²) in [6.45, 7) is 2.15. The molecule has 1 aromatic heterocycles. The zero-order chi connectivity index (χ0) is 9.64. The third-order valence-corrected chi connectivity index (χ3v) is 3.40. The van der Waals surface area contributed by atoms with E-state index in [2.05, 4.69) is 28.2 Å². The van der Waals surface area contributed by atoms with Crippen LogP contribution in [0.1, 0.15) is 31.2 Å². The maximum absolute atomic E-state index is 3.48. The Morgan fingerprint density at radius 2 is 2.43 bits per heavy atom. The molecule has 1 aromatic rings. The molecule has 1 aliphatic rings. The van der Waals surface area contributed by atoms with E-state index in [-0.39, 0.29) is 0 Å². The zero-order valence-corrected chi connectivity index (χ0v) is 9.28. The lowest BCUT2D eigenvalue weighted by molar-refractivity contribution is 0.677. The molecule has 1 aliphatic carbocycles. The molecule has 0 spiro atoms. The van der Waals surface area contributed by atoms with E-state index in [9.17, 15) is 0 Å². The predicted octanol–water partition coefficient (Wildman–Crippen LogP) is 3.34. The van der Waals surface area contributed by atoms with Crippen LogP contribution in [0.3, 0.4) is 0 Å². The Balaban J connectivity index is 1.59. The molecule has 0 saturated heterocycles. The highest BCUT2D eigenvalue weighted by Gasteiger charge is 2.03. The van der Waals surface area contributed by atoms with Gasteiger partial charge in [-0.2, -0.15) is 11.3 Å². The second kappa shape index (κ2) is 5.32. The Morgan fingerprint density at radius 1 is 1.43 bits per heavy atom. The zero-order valence-electron chi connectivity index (χ0n) is 8.46. The standard InChI is InChI=1S/C12H17NS/c1-2-4-11(3-1)5-7-13-9-12-6-8-14-10-12/h3,6,8,10,13H,1-2,4-5,7,9H2. The van der Waals surface area contributed by atoms with Crippen molar-refractivity contribution in [2.45, 2.75) is 32.2 Å². The SMILES string of the molecule is C1=C(CCNCc2ccsc2)CCC1. The summed E-state index contributed by atoms with van der Waals surface area (Å²) in [5, 5.41) is 7.83. The van der Waals surface area contributed by atoms with E-state index in [1.807, 2.05) is 0 Å². The number of allylic oxidation sites excluding steroid dienone is 1. The molecule has 14 heavy (non-hydrogen) atoms. The molecule has 0 aromatic carbocycles. The molecule has 0 amide bonds. The van der Waals surface area contributed by atoms with Gasteiger partial charge >= 0.3 is 0 Å². The van der Waals surface area contributed by atoms with Gasteiger partial charge in [0.05, 0.1) is 0 Å². The maximum Gasteiger partial charge on any atom is 0.0213 e. The number of thiophene rings is 1. The number of hydrogen-bond acceptors (Lipinski definition) is 2. The quantitative estimate of drug-likeness (QED) is 0.577. The van der Waals surface area contributed by atoms with E-state index in [0.29, 0.717) is 0 Å². The first-order valence-corrected chi connectivity index (χ1v) is 6.29. The largest absolute Gasteiger partial charge is 0.312 e. The molecule has 1 N–H and O–H groups in total. The Kier molecular flexibility index (Phi) is 3.78. The molecule has 0 fully saturated rings. The summed E-state index contributed by atoms with van der Waals surface area (Å²) in [7, 11) is 0. The minimum atomic E-state index is 1.02. The number of nitrogens with one attached hydrogen (secondary N) is 1. The summed E-state index contributed by atoms with van der Waals surface area (Å²) in [6.07, 6.45) is 7.66. The molecule has 0 aliphatic heterocycles. The van der Waals surface area contributed by atoms with E-state index >= 15 is 0 Å². The van der Waals surface area contributed by atoms with E-state index in [0.717, 1.165) is 13.1 Å². The van der Waals surface area contributed by atoms with Crippen molar-refractivity contribution in [3.05, 3.63) is 34.0 Å². The van der Waals surface area contributed by atoms with Gasteiger partial charge in [0.15, 0.2) is 0 Å². The van der Waals surface area contributed by atoms with E-state index < -0.39 is 0 Å². The number of rotatable bonds is 5. The third-order valence-electron chi connectivity index (χ3n) is 2.67. The summed E-state index contributed by atoms with van der Waals surface area (Å²) >= 11 is 1.77. The highest BCUT2D eigenvalue weighted by atomic mass is 32.1. The molecular weight excluding hydrogens is 190 g/mol. The average molecular weight is 207 g/mol. The van der Waals surface area contributed by atoms with Gasteiger partial charge in [0.25, 0.3) is 0 Å². The van der Waals surface area contributed by atoms with Crippen LogP contribution in [-0.4, -0.2) is 6.54 Å². The monoisotopic (exact) mass is 207 g/mol. The summed E-state index contributed by atoms with van der Waals surface area (Å²) < 4.78 is 0. The van der Waals surface area contributed by atoms with Gasteiger partial charge in [0, 0.05) is 6.54 Å². The summed E-state index contributed by atoms with van der Waals surface area (Å²) in [5.74, 6) is 0. The van der Waals surface area contributed by atoms with Gasteiger partial charge < -0.3 is 5.32 Å². The first-order valence-electron chi connectivity index (χ1n) is 5.35. The van der Waals surface area contributed by atoms with Crippen LogP contribution in [0.15, 0.2) is 28.5 Å². The lowest BCUT2D eigenvalue weighted by atomic mass is 10.2. The van der Waals surface area contributed by atoms with Crippen LogP contribution in [0.25, 0.3) is 0 Å². The van der Waals surface area contributed by atoms with Crippen LogP contribution in [0.5, 0.6) is 0 Å². The van der Waals surface area contributed by atoms with Crippen LogP contribution >= 0.6 is 11.3 Å². The Labute approximate surface area is 89.8 Å². The van der Waals surface area contributed by atoms with Gasteiger partial charge in [0.2, 0.25) is 0 Å². The molecule has 2 rings (SSSR count). The lowest BCUT2D eigenvalue weighted by Gasteiger charge is -2.03. The smallest absolute Gasteiger partial charge is 0.0213 e. The van der Waals surface area contributed by atoms with Crippen LogP contribution in [0.2, 0.25) is 0 Å². The Bertz CT molecular complexity index is 287. The molecule has 0 unspecified atom stereocenters. The van der Waals surface area contributed by atoms with Crippen LogP contribution < -0.4 is 5.32 Å². The van der Waals surface area contributed by atoms with Gasteiger partial charge in [-0.1, -0.05) is 11.6 Å². The molecule has 1 nitrogen and oxygen atoms in total. The molecule has 0 saturated carbocycles. The highest BCUT2D eigenvalue weighted by molar-refractivity contribution is 7.07. The average Bonchev–Trinajstić information content (AvgIpc) is 2.86. The number of hydrogen-bond donors (Lipinski definition) is 1. The second-order valence-corrected chi connectivity index (χ2v) is 4.59. The maximum atomic E-state index is 3.48. The van der Waals surface area contributed by atoms with Crippen molar-refractivity contribution in [3.8, 4) is 0 Å². The van der Waals surface area contributed by atoms with Gasteiger partial charge in [-0.3, -0.25) is 0 Å². The van der Waals surface area contributed by atoms with Crippen molar-refractivity contribution in [2.75, 3.05) is 6.54 Å². The van der Waals surface area contributed by atoms with E-state index in [1.165, 1.54) is 31.2 Å². The van der Waals surface area contributed by atoms with Crippen molar-refractivity contribution < 1.29 is 0 Å². The fourth-order valence-corrected chi connectivity index (χ4v) is 2.51. The molecule has 76 valence electrons. The van der Waals surface area contributed by atoms with Gasteiger partial charge in [-0.25, -0.2) is 0 Å². The second-order valence-electron chi connectivity index (χ2n) is 3.81. The normalized spacial score (nSPS) is 15.9. The minimum Gasteiger partial charge on any atom is -0.312 e. The van der Waals surface area contributed by atoms with Crippen LogP contribution in [-0.2, 0) is 6.54 Å². The Morgan fingerprint density at radius 3 is 3.14 bits per heavy atom. The van der Waals surface area contributed by atoms with Crippen molar-refractivity contribution in [2.24, 2.45) is 0 Å². The first kappa shape index (κ1) is 9.94. The van der Waals surface area contributed by atoms with Crippen molar-refractivity contribution >= 4 is 11.3 Å². The van der Waals surface area contributed by atoms with Crippen molar-refractivity contribution in [1.82, 2.24) is 5.32 Å². The first-order chi connectivity index (χ1) is 6.95. The van der Waals surface area contributed by atoms with E-state index in [1.54, 1.807) is 16.9 Å². The summed E-state index contributed by atoms with van der Waals surface area (Å²) in [6, 6.07) is 2.19.